The summed E-state index contributed by atoms with van der Waals surface area (Å²) >= 11 is 0. The summed E-state index contributed by atoms with van der Waals surface area (Å²) < 4.78 is 323. The lowest BCUT2D eigenvalue weighted by Crippen LogP contribution is -2.74. The van der Waals surface area contributed by atoms with Gasteiger partial charge < -0.3 is 5.11 Å². The minimum Gasteiger partial charge on any atom is -0.332 e. The molecule has 0 radical (unpaired) electrons. The van der Waals surface area contributed by atoms with Crippen LogP contribution in [0.5, 0.6) is 0 Å². The first-order valence-electron chi connectivity index (χ1n) is 9.09. The van der Waals surface area contributed by atoms with Gasteiger partial charge in [0.05, 0.1) is 0 Å². The summed E-state index contributed by atoms with van der Waals surface area (Å²) in [6, 6.07) is 0. The number of ether oxygens (including phenoxy) is 4. The molecule has 260 valence electrons. The fraction of sp³-hybridized carbons (Fsp3) is 1.00. The van der Waals surface area contributed by atoms with Crippen molar-refractivity contribution in [3.05, 3.63) is 0 Å². The molecule has 0 aliphatic carbocycles. The maximum absolute atomic E-state index is 14.1. The molecule has 0 saturated carbocycles. The van der Waals surface area contributed by atoms with Crippen LogP contribution in [-0.4, -0.2) is 78.9 Å². The fourth-order valence-corrected chi connectivity index (χ4v) is 2.16. The van der Waals surface area contributed by atoms with Gasteiger partial charge in [-0.2, -0.15) is 87.8 Å². The summed E-state index contributed by atoms with van der Waals surface area (Å²) in [5.74, 6) is -5.37. The Morgan fingerprint density at radius 1 is 0.419 bits per heavy atom. The molecular weight excluding hydrogens is 704 g/mol. The van der Waals surface area contributed by atoms with Crippen LogP contribution >= 0.6 is 0 Å². The van der Waals surface area contributed by atoms with Crippen molar-refractivity contribution in [3.63, 3.8) is 0 Å². The first-order valence-corrected chi connectivity index (χ1v) is 9.09. The molecule has 0 heterocycles. The molecule has 0 spiro atoms. The van der Waals surface area contributed by atoms with E-state index in [1.165, 1.54) is 0 Å². The van der Waals surface area contributed by atoms with E-state index in [4.69, 9.17) is 5.11 Å². The van der Waals surface area contributed by atoms with Crippen LogP contribution in [0.15, 0.2) is 0 Å². The molecule has 0 saturated heterocycles. The predicted octanol–water partition coefficient (Wildman–Crippen LogP) is 7.55. The molecule has 2 unspecified atom stereocenters. The van der Waals surface area contributed by atoms with Crippen molar-refractivity contribution in [2.75, 3.05) is 0 Å². The van der Waals surface area contributed by atoms with E-state index in [0.717, 1.165) is 9.47 Å². The monoisotopic (exact) mass is 710 g/mol. The highest BCUT2D eigenvalue weighted by Crippen LogP contribution is 2.68. The molecule has 0 aromatic heterocycles. The maximum Gasteiger partial charge on any atom is 0.453 e. The number of aliphatic hydroxyl groups is 1. The largest absolute Gasteiger partial charge is 0.453 e. The summed E-state index contributed by atoms with van der Waals surface area (Å²) in [5, 5.41) is 7.65. The van der Waals surface area contributed by atoms with Gasteiger partial charge in [-0.15, -0.1) is 0 Å². The number of hydrogen-bond acceptors (Lipinski definition) is 5. The second kappa shape index (κ2) is 11.2. The third-order valence-corrected chi connectivity index (χ3v) is 4.09. The van der Waals surface area contributed by atoms with Crippen LogP contribution in [0.3, 0.4) is 0 Å². The smallest absolute Gasteiger partial charge is 0.332 e. The third-order valence-electron chi connectivity index (χ3n) is 4.09. The van der Waals surface area contributed by atoms with E-state index in [1.54, 1.807) is 4.74 Å². The van der Waals surface area contributed by atoms with Crippen LogP contribution in [-0.2, 0) is 18.9 Å². The molecule has 1 N–H and O–H groups in total. The van der Waals surface area contributed by atoms with Gasteiger partial charge in [0, 0.05) is 6.92 Å². The van der Waals surface area contributed by atoms with E-state index in [0.29, 0.717) is 0 Å². The number of halogens is 24. The Morgan fingerprint density at radius 2 is 0.674 bits per heavy atom. The SMILES string of the molecule is CC(F)(F)C(F)OC(F)(F)C(F)(F)OC(F)(F)C(C(F)(F)F)(C(F)(F)F)C(F)(F)OC(F)(F)C(F)(F)OC(F)C(O)(F)F. The van der Waals surface area contributed by atoms with Gasteiger partial charge in [0.25, 0.3) is 18.6 Å². The van der Waals surface area contributed by atoms with Crippen molar-refractivity contribution in [1.29, 1.82) is 0 Å². The van der Waals surface area contributed by atoms with Crippen LogP contribution in [0.2, 0.25) is 0 Å². The number of alkyl halides is 24. The summed E-state index contributed by atoms with van der Waals surface area (Å²) in [4.78, 5) is 0. The van der Waals surface area contributed by atoms with E-state index in [2.05, 4.69) is 0 Å². The Labute approximate surface area is 217 Å². The van der Waals surface area contributed by atoms with E-state index in [-0.39, 0.29) is 0 Å². The molecule has 0 fully saturated rings. The van der Waals surface area contributed by atoms with E-state index in [1.807, 2.05) is 4.74 Å². The Balaban J connectivity index is 7.24. The molecule has 2 atom stereocenters. The lowest BCUT2D eigenvalue weighted by molar-refractivity contribution is -0.597. The average molecular weight is 710 g/mol. The van der Waals surface area contributed by atoms with Crippen LogP contribution < -0.4 is 0 Å². The van der Waals surface area contributed by atoms with Crippen LogP contribution in [0.1, 0.15) is 6.92 Å². The minimum absolute atomic E-state index is 0.815. The summed E-state index contributed by atoms with van der Waals surface area (Å²) in [5.41, 5.74) is -9.32. The predicted molar refractivity (Wildman–Crippen MR) is 76.1 cm³/mol. The van der Waals surface area contributed by atoms with E-state index >= 15 is 0 Å². The first-order chi connectivity index (χ1) is 18.2. The zero-order valence-electron chi connectivity index (χ0n) is 18.8. The quantitative estimate of drug-likeness (QED) is 0.189. The van der Waals surface area contributed by atoms with Crippen LogP contribution in [0, 0.1) is 5.41 Å². The van der Waals surface area contributed by atoms with Crippen LogP contribution in [0.25, 0.3) is 0 Å². The molecule has 0 rings (SSSR count). The third kappa shape index (κ3) is 7.86. The van der Waals surface area contributed by atoms with E-state index < -0.39 is 86.1 Å². The molecule has 0 aliphatic heterocycles. The van der Waals surface area contributed by atoms with Crippen molar-refractivity contribution >= 4 is 0 Å². The molecule has 0 amide bonds. The zero-order valence-corrected chi connectivity index (χ0v) is 18.8. The first kappa shape index (κ1) is 41.1. The van der Waals surface area contributed by atoms with Gasteiger partial charge in [0.15, 0.2) is 0 Å². The summed E-state index contributed by atoms with van der Waals surface area (Å²) in [6.07, 6.45) is -84.6. The van der Waals surface area contributed by atoms with Gasteiger partial charge in [-0.1, -0.05) is 0 Å². The lowest BCUT2D eigenvalue weighted by Gasteiger charge is -2.46. The molecule has 5 nitrogen and oxygen atoms in total. The van der Waals surface area contributed by atoms with Crippen molar-refractivity contribution in [1.82, 2.24) is 0 Å². The van der Waals surface area contributed by atoms with Crippen molar-refractivity contribution < 1.29 is 129 Å². The molecule has 0 bridgehead atoms. The Bertz CT molecular complexity index is 868. The summed E-state index contributed by atoms with van der Waals surface area (Å²) in [6.45, 7) is -0.815. The zero-order chi connectivity index (χ0) is 35.5. The fourth-order valence-electron chi connectivity index (χ4n) is 2.16. The highest BCUT2D eigenvalue weighted by Gasteiger charge is 2.97. The maximum atomic E-state index is 14.1. The normalized spacial score (nSPS) is 17.7. The molecule has 29 heteroatoms. The van der Waals surface area contributed by atoms with Gasteiger partial charge in [0.2, 0.25) is 0 Å². The topological polar surface area (TPSA) is 57.2 Å². The van der Waals surface area contributed by atoms with Crippen molar-refractivity contribution in [3.8, 4) is 0 Å². The van der Waals surface area contributed by atoms with Crippen molar-refractivity contribution in [2.45, 2.75) is 80.7 Å². The molecule has 0 aliphatic rings. The Hall–Kier alpha value is -1.88. The lowest BCUT2D eigenvalue weighted by atomic mass is 9.82. The second-order valence-corrected chi connectivity index (χ2v) is 7.46. The van der Waals surface area contributed by atoms with Crippen LogP contribution in [0.4, 0.5) is 105 Å². The minimum atomic E-state index is -9.32. The van der Waals surface area contributed by atoms with Gasteiger partial charge in [-0.3, -0.25) is 9.47 Å². The Kier molecular flexibility index (Phi) is 10.7. The number of rotatable bonds is 14. The van der Waals surface area contributed by atoms with Gasteiger partial charge in [-0.05, 0) is 0 Å². The Morgan fingerprint density at radius 3 is 0.884 bits per heavy atom. The van der Waals surface area contributed by atoms with Gasteiger partial charge >= 0.3 is 60.5 Å². The summed E-state index contributed by atoms with van der Waals surface area (Å²) in [7, 11) is 0. The van der Waals surface area contributed by atoms with E-state index in [9.17, 15) is 105 Å². The average Bonchev–Trinajstić information content (AvgIpc) is 2.60. The molecule has 43 heavy (non-hydrogen) atoms. The highest BCUT2D eigenvalue weighted by atomic mass is 19.4. The highest BCUT2D eigenvalue weighted by molar-refractivity contribution is 5.06. The molecule has 0 aromatic carbocycles. The molecule has 0 aromatic rings. The number of hydrogen-bond donors (Lipinski definition) is 1. The van der Waals surface area contributed by atoms with Crippen molar-refractivity contribution in [2.24, 2.45) is 5.41 Å². The van der Waals surface area contributed by atoms with Gasteiger partial charge in [-0.25, -0.2) is 27.0 Å². The molecular formula is C14H6F24O5. The standard InChI is InChI=1S/C14H6F24O5/c1-4(17,18)2(15)40-11(31,32)13(35,36)42-9(27,28)6(7(21,22)23,8(24,25)26)10(29,30)43-14(37,38)12(33,34)41-3(16)5(19,20)39/h2-3,39H,1H3. The van der Waals surface area contributed by atoms with Gasteiger partial charge in [0.1, 0.15) is 0 Å². The second-order valence-electron chi connectivity index (χ2n) is 7.46.